The van der Waals surface area contributed by atoms with Gasteiger partial charge in [0.15, 0.2) is 6.29 Å². The molecule has 0 unspecified atom stereocenters. The van der Waals surface area contributed by atoms with Gasteiger partial charge in [-0.05, 0) is 12.1 Å². The molecule has 1 N–H and O–H groups in total. The third kappa shape index (κ3) is 1.17. The Morgan fingerprint density at radius 2 is 2.14 bits per heavy atom. The lowest BCUT2D eigenvalue weighted by Crippen LogP contribution is -1.98. The minimum atomic E-state index is -0.841. The summed E-state index contributed by atoms with van der Waals surface area (Å²) in [5, 5.41) is 9.61. The number of carbonyl (C=O) groups is 1. The van der Waals surface area contributed by atoms with Gasteiger partial charge in [0.05, 0.1) is 5.56 Å². The number of para-hydroxylation sites is 1. The summed E-state index contributed by atoms with van der Waals surface area (Å²) in [6.45, 7) is 0. The van der Waals surface area contributed by atoms with Crippen molar-refractivity contribution in [3.63, 3.8) is 0 Å². The molecule has 0 saturated carbocycles. The van der Waals surface area contributed by atoms with E-state index in [0.717, 1.165) is 0 Å². The number of aldehydes is 1. The van der Waals surface area contributed by atoms with Crippen LogP contribution in [-0.4, -0.2) is 11.4 Å². The molecule has 0 bridgehead atoms. The molecule has 1 aromatic heterocycles. The summed E-state index contributed by atoms with van der Waals surface area (Å²) in [4.78, 5) is 21.6. The average molecular weight is 190 g/mol. The van der Waals surface area contributed by atoms with Crippen LogP contribution in [0.25, 0.3) is 11.0 Å². The lowest BCUT2D eigenvalue weighted by molar-refractivity contribution is 0.112. The van der Waals surface area contributed by atoms with Crippen molar-refractivity contribution < 1.29 is 14.3 Å². The van der Waals surface area contributed by atoms with Gasteiger partial charge in [-0.15, -0.1) is 0 Å². The zero-order valence-electron chi connectivity index (χ0n) is 7.06. The van der Waals surface area contributed by atoms with Crippen LogP contribution < -0.4 is 5.63 Å². The maximum absolute atomic E-state index is 11.0. The van der Waals surface area contributed by atoms with Crippen molar-refractivity contribution in [3.8, 4) is 5.75 Å². The van der Waals surface area contributed by atoms with Gasteiger partial charge in [0, 0.05) is 5.39 Å². The molecule has 0 amide bonds. The van der Waals surface area contributed by atoms with Gasteiger partial charge in [-0.25, -0.2) is 4.79 Å². The topological polar surface area (TPSA) is 67.5 Å². The minimum Gasteiger partial charge on any atom is -0.502 e. The Morgan fingerprint density at radius 3 is 2.86 bits per heavy atom. The van der Waals surface area contributed by atoms with E-state index in [2.05, 4.69) is 0 Å². The van der Waals surface area contributed by atoms with Crippen LogP contribution in [0.1, 0.15) is 10.4 Å². The fraction of sp³-hybridized carbons (Fsp3) is 0. The molecule has 4 heteroatoms. The predicted octanol–water partition coefficient (Wildman–Crippen LogP) is 1.31. The molecule has 0 radical (unpaired) electrons. The molecule has 2 aromatic rings. The maximum atomic E-state index is 11.0. The van der Waals surface area contributed by atoms with E-state index >= 15 is 0 Å². The molecule has 1 aromatic carbocycles. The molecule has 0 atom stereocenters. The van der Waals surface area contributed by atoms with Gasteiger partial charge in [0.1, 0.15) is 5.58 Å². The molecule has 0 saturated heterocycles. The number of fused-ring (bicyclic) bond motifs is 1. The summed E-state index contributed by atoms with van der Waals surface area (Å²) in [5.41, 5.74) is -0.350. The Kier molecular flexibility index (Phi) is 1.81. The van der Waals surface area contributed by atoms with Crippen LogP contribution in [0.15, 0.2) is 33.5 Å². The first-order chi connectivity index (χ1) is 6.72. The van der Waals surface area contributed by atoms with Crippen LogP contribution in [0.2, 0.25) is 0 Å². The number of hydrogen-bond acceptors (Lipinski definition) is 4. The lowest BCUT2D eigenvalue weighted by atomic mass is 10.1. The average Bonchev–Trinajstić information content (AvgIpc) is 2.19. The molecular formula is C10H6O4. The first-order valence-corrected chi connectivity index (χ1v) is 3.93. The molecule has 0 spiro atoms. The second kappa shape index (κ2) is 2.99. The highest BCUT2D eigenvalue weighted by atomic mass is 16.4. The van der Waals surface area contributed by atoms with Crippen LogP contribution in [0.5, 0.6) is 5.75 Å². The monoisotopic (exact) mass is 190 g/mol. The number of hydrogen-bond donors (Lipinski definition) is 1. The van der Waals surface area contributed by atoms with E-state index < -0.39 is 11.4 Å². The quantitative estimate of drug-likeness (QED) is 0.543. The summed E-state index contributed by atoms with van der Waals surface area (Å²) in [7, 11) is 0. The van der Waals surface area contributed by atoms with E-state index in [1.807, 2.05) is 0 Å². The number of rotatable bonds is 1. The van der Waals surface area contributed by atoms with Crippen LogP contribution in [0, 0.1) is 0 Å². The summed E-state index contributed by atoms with van der Waals surface area (Å²) in [6.07, 6.45) is 0.600. The zero-order valence-corrected chi connectivity index (χ0v) is 7.06. The summed E-state index contributed by atoms with van der Waals surface area (Å²) in [6, 6.07) is 6.10. The third-order valence-corrected chi connectivity index (χ3v) is 1.90. The highest BCUT2D eigenvalue weighted by molar-refractivity contribution is 5.94. The second-order valence-corrected chi connectivity index (χ2v) is 2.80. The van der Waals surface area contributed by atoms with E-state index in [-0.39, 0.29) is 5.58 Å². The van der Waals surface area contributed by atoms with E-state index in [4.69, 9.17) is 9.52 Å². The smallest absolute Gasteiger partial charge is 0.378 e. The molecule has 1 heterocycles. The molecule has 0 fully saturated rings. The van der Waals surface area contributed by atoms with Crippen molar-refractivity contribution in [1.82, 2.24) is 0 Å². The lowest BCUT2D eigenvalue weighted by Gasteiger charge is -1.98. The van der Waals surface area contributed by atoms with Crippen molar-refractivity contribution >= 4 is 17.3 Å². The van der Waals surface area contributed by atoms with Gasteiger partial charge in [0.25, 0.3) is 0 Å². The number of aromatic hydroxyl groups is 1. The third-order valence-electron chi connectivity index (χ3n) is 1.90. The summed E-state index contributed by atoms with van der Waals surface area (Å²) < 4.78 is 4.78. The minimum absolute atomic E-state index is 0.199. The van der Waals surface area contributed by atoms with Gasteiger partial charge in [-0.1, -0.05) is 12.1 Å². The molecular weight excluding hydrogens is 184 g/mol. The molecule has 0 aliphatic carbocycles. The molecule has 2 rings (SSSR count). The van der Waals surface area contributed by atoms with Gasteiger partial charge in [-0.2, -0.15) is 0 Å². The molecule has 0 aliphatic rings. The molecule has 70 valence electrons. The van der Waals surface area contributed by atoms with Gasteiger partial charge in [-0.3, -0.25) is 4.79 Å². The van der Waals surface area contributed by atoms with Crippen molar-refractivity contribution in [2.24, 2.45) is 0 Å². The molecule has 4 nitrogen and oxygen atoms in total. The largest absolute Gasteiger partial charge is 0.502 e. The van der Waals surface area contributed by atoms with E-state index in [9.17, 15) is 9.59 Å². The maximum Gasteiger partial charge on any atom is 0.378 e. The fourth-order valence-electron chi connectivity index (χ4n) is 1.25. The first kappa shape index (κ1) is 8.50. The first-order valence-electron chi connectivity index (χ1n) is 3.93. The van der Waals surface area contributed by atoms with Crippen LogP contribution in [0.3, 0.4) is 0 Å². The van der Waals surface area contributed by atoms with Gasteiger partial charge in [0.2, 0.25) is 5.75 Å². The van der Waals surface area contributed by atoms with Crippen molar-refractivity contribution in [1.29, 1.82) is 0 Å². The fourth-order valence-corrected chi connectivity index (χ4v) is 1.25. The Bertz CT molecular complexity index is 554. The van der Waals surface area contributed by atoms with Gasteiger partial charge < -0.3 is 9.52 Å². The highest BCUT2D eigenvalue weighted by Gasteiger charge is 2.06. The second-order valence-electron chi connectivity index (χ2n) is 2.80. The highest BCUT2D eigenvalue weighted by Crippen LogP contribution is 2.18. The van der Waals surface area contributed by atoms with Crippen molar-refractivity contribution in [2.45, 2.75) is 0 Å². The normalized spacial score (nSPS) is 10.3. The van der Waals surface area contributed by atoms with E-state index in [0.29, 0.717) is 17.2 Å². The molecule has 14 heavy (non-hydrogen) atoms. The Balaban J connectivity index is 2.95. The SMILES string of the molecule is O=Cc1cccc2cc(O)c(=O)oc12. The standard InChI is InChI=1S/C10H6O4/c11-5-7-3-1-2-6-4-8(12)10(13)14-9(6)7/h1-5,12H. The predicted molar refractivity (Wildman–Crippen MR) is 49.5 cm³/mol. The Morgan fingerprint density at radius 1 is 1.36 bits per heavy atom. The van der Waals surface area contributed by atoms with Crippen LogP contribution in [0.4, 0.5) is 0 Å². The zero-order chi connectivity index (χ0) is 10.1. The number of carbonyl (C=O) groups excluding carboxylic acids is 1. The van der Waals surface area contributed by atoms with Crippen molar-refractivity contribution in [3.05, 3.63) is 40.2 Å². The Hall–Kier alpha value is -2.10. The van der Waals surface area contributed by atoms with E-state index in [1.54, 1.807) is 12.1 Å². The van der Waals surface area contributed by atoms with Crippen molar-refractivity contribution in [2.75, 3.05) is 0 Å². The van der Waals surface area contributed by atoms with E-state index in [1.165, 1.54) is 12.1 Å². The van der Waals surface area contributed by atoms with Crippen LogP contribution in [-0.2, 0) is 0 Å². The molecule has 0 aliphatic heterocycles. The summed E-state index contributed by atoms with van der Waals surface area (Å²) in [5.74, 6) is -0.458. The van der Waals surface area contributed by atoms with Crippen LogP contribution >= 0.6 is 0 Å². The Labute approximate surface area is 78.4 Å². The summed E-state index contributed by atoms with van der Waals surface area (Å²) >= 11 is 0. The number of benzene rings is 1. The van der Waals surface area contributed by atoms with Gasteiger partial charge >= 0.3 is 5.63 Å².